The number of benzene rings is 1. The Balaban J connectivity index is 2.24. The maximum Gasteiger partial charge on any atom is 0.295 e. The van der Waals surface area contributed by atoms with Gasteiger partial charge in [-0.1, -0.05) is 13.8 Å². The van der Waals surface area contributed by atoms with Crippen molar-refractivity contribution in [1.29, 1.82) is 0 Å². The molecular weight excluding hydrogens is 356 g/mol. The number of hydrogen-bond donors (Lipinski definition) is 1. The zero-order valence-electron chi connectivity index (χ0n) is 15.4. The van der Waals surface area contributed by atoms with E-state index in [9.17, 15) is 18.5 Å². The smallest absolute Gasteiger partial charge is 0.272 e. The van der Waals surface area contributed by atoms with Crippen LogP contribution in [0.5, 0.6) is 0 Å². The maximum absolute atomic E-state index is 12.6. The fourth-order valence-electron chi connectivity index (χ4n) is 2.70. The summed E-state index contributed by atoms with van der Waals surface area (Å²) in [7, 11) is -3.70. The Kier molecular flexibility index (Phi) is 6.71. The number of nitro groups is 1. The number of nitrogens with one attached hydrogen (secondary N) is 1. The highest BCUT2D eigenvalue weighted by molar-refractivity contribution is 7.89. The van der Waals surface area contributed by atoms with Crippen LogP contribution in [0.15, 0.2) is 28.2 Å². The Morgan fingerprint density at radius 3 is 2.58 bits per heavy atom. The first-order valence-corrected chi connectivity index (χ1v) is 10.2. The second-order valence-corrected chi connectivity index (χ2v) is 8.88. The molecule has 144 valence electrons. The van der Waals surface area contributed by atoms with Crippen LogP contribution in [0.3, 0.4) is 0 Å². The predicted octanol–water partition coefficient (Wildman–Crippen LogP) is 3.60. The number of nitrogens with zero attached hydrogens (tertiary/aromatic N) is 3. The van der Waals surface area contributed by atoms with E-state index in [4.69, 9.17) is 0 Å². The maximum atomic E-state index is 12.6. The summed E-state index contributed by atoms with van der Waals surface area (Å²) in [5.41, 5.74) is 3.42. The third-order valence-electron chi connectivity index (χ3n) is 4.32. The van der Waals surface area contributed by atoms with E-state index in [1.54, 1.807) is 0 Å². The van der Waals surface area contributed by atoms with E-state index in [1.165, 1.54) is 16.4 Å². The summed E-state index contributed by atoms with van der Waals surface area (Å²) < 4.78 is 26.6. The lowest BCUT2D eigenvalue weighted by Crippen LogP contribution is -2.27. The van der Waals surface area contributed by atoms with Gasteiger partial charge in [0.2, 0.25) is 10.0 Å². The number of hydrogen-bond acceptors (Lipinski definition) is 6. The molecule has 0 atom stereocenters. The minimum atomic E-state index is -3.70. The van der Waals surface area contributed by atoms with Crippen LogP contribution < -0.4 is 5.43 Å². The van der Waals surface area contributed by atoms with Crippen LogP contribution in [0.2, 0.25) is 0 Å². The predicted molar refractivity (Wildman–Crippen MR) is 102 cm³/mol. The Morgan fingerprint density at radius 2 is 2.00 bits per heavy atom. The number of sulfonamides is 1. The molecule has 1 N–H and O–H groups in total. The van der Waals surface area contributed by atoms with Gasteiger partial charge in [-0.3, -0.25) is 15.5 Å². The van der Waals surface area contributed by atoms with Crippen molar-refractivity contribution >= 4 is 27.1 Å². The van der Waals surface area contributed by atoms with E-state index in [0.29, 0.717) is 19.0 Å². The van der Waals surface area contributed by atoms with Crippen molar-refractivity contribution in [2.45, 2.75) is 51.3 Å². The molecule has 1 saturated heterocycles. The van der Waals surface area contributed by atoms with Gasteiger partial charge in [0, 0.05) is 24.9 Å². The second-order valence-electron chi connectivity index (χ2n) is 6.94. The van der Waals surface area contributed by atoms with E-state index in [-0.39, 0.29) is 16.3 Å². The fourth-order valence-corrected chi connectivity index (χ4v) is 4.24. The Morgan fingerprint density at radius 1 is 1.35 bits per heavy atom. The van der Waals surface area contributed by atoms with Gasteiger partial charge < -0.3 is 0 Å². The number of anilines is 1. The first-order valence-electron chi connectivity index (χ1n) is 8.79. The van der Waals surface area contributed by atoms with Gasteiger partial charge in [0.05, 0.1) is 9.82 Å². The van der Waals surface area contributed by atoms with Crippen LogP contribution in [-0.4, -0.2) is 36.4 Å². The first kappa shape index (κ1) is 20.3. The molecule has 8 nitrogen and oxygen atoms in total. The molecule has 2 rings (SSSR count). The molecule has 0 aromatic heterocycles. The molecule has 0 saturated carbocycles. The average molecular weight is 382 g/mol. The Hall–Kier alpha value is -2.00. The molecule has 1 aromatic carbocycles. The molecule has 26 heavy (non-hydrogen) atoms. The number of rotatable bonds is 8. The van der Waals surface area contributed by atoms with Crippen molar-refractivity contribution in [2.24, 2.45) is 11.0 Å². The highest BCUT2D eigenvalue weighted by Crippen LogP contribution is 2.30. The van der Waals surface area contributed by atoms with Gasteiger partial charge in [-0.2, -0.15) is 9.41 Å². The van der Waals surface area contributed by atoms with E-state index in [1.807, 2.05) is 6.92 Å². The van der Waals surface area contributed by atoms with Gasteiger partial charge in [-0.05, 0) is 50.7 Å². The topological polar surface area (TPSA) is 105 Å². The molecule has 1 heterocycles. The van der Waals surface area contributed by atoms with E-state index in [2.05, 4.69) is 24.4 Å². The fraction of sp³-hybridized carbons (Fsp3) is 0.588. The molecule has 9 heteroatoms. The summed E-state index contributed by atoms with van der Waals surface area (Å²) in [5.74, 6) is 0.546. The third-order valence-corrected chi connectivity index (χ3v) is 6.21. The normalized spacial score (nSPS) is 16.2. The van der Waals surface area contributed by atoms with Crippen molar-refractivity contribution < 1.29 is 13.3 Å². The molecule has 0 spiro atoms. The average Bonchev–Trinajstić information content (AvgIpc) is 3.13. The second kappa shape index (κ2) is 8.59. The molecule has 1 fully saturated rings. The lowest BCUT2D eigenvalue weighted by Gasteiger charge is -2.15. The van der Waals surface area contributed by atoms with Crippen LogP contribution >= 0.6 is 0 Å². The minimum absolute atomic E-state index is 0.0582. The first-order chi connectivity index (χ1) is 12.2. The Labute approximate surface area is 154 Å². The van der Waals surface area contributed by atoms with Crippen LogP contribution in [0.1, 0.15) is 46.5 Å². The molecule has 1 aliphatic rings. The molecule has 0 amide bonds. The molecule has 0 radical (unpaired) electrons. The van der Waals surface area contributed by atoms with Crippen molar-refractivity contribution in [2.75, 3.05) is 18.5 Å². The minimum Gasteiger partial charge on any atom is -0.272 e. The summed E-state index contributed by atoms with van der Waals surface area (Å²) in [4.78, 5) is 10.7. The molecule has 1 aliphatic heterocycles. The van der Waals surface area contributed by atoms with Crippen LogP contribution in [0, 0.1) is 16.0 Å². The highest BCUT2D eigenvalue weighted by atomic mass is 32.2. The molecule has 1 aromatic rings. The van der Waals surface area contributed by atoms with Crippen LogP contribution in [0.4, 0.5) is 11.4 Å². The SMILES string of the molecule is C/C(CCC(C)C)=N/Nc1ccc(S(=O)(=O)N2CCCC2)cc1[N+](=O)[O-]. The third kappa shape index (κ3) is 5.01. The van der Waals surface area contributed by atoms with Gasteiger partial charge >= 0.3 is 0 Å². The summed E-state index contributed by atoms with van der Waals surface area (Å²) in [6.45, 7) is 6.99. The van der Waals surface area contributed by atoms with Gasteiger partial charge in [-0.15, -0.1) is 0 Å². The number of hydrazone groups is 1. The van der Waals surface area contributed by atoms with E-state index >= 15 is 0 Å². The lowest BCUT2D eigenvalue weighted by atomic mass is 10.1. The molecule has 0 bridgehead atoms. The van der Waals surface area contributed by atoms with Gasteiger partial charge in [0.1, 0.15) is 5.69 Å². The zero-order valence-corrected chi connectivity index (χ0v) is 16.3. The van der Waals surface area contributed by atoms with Crippen molar-refractivity contribution in [3.05, 3.63) is 28.3 Å². The monoisotopic (exact) mass is 382 g/mol. The van der Waals surface area contributed by atoms with Crippen molar-refractivity contribution in [3.8, 4) is 0 Å². The number of nitro benzene ring substituents is 1. The van der Waals surface area contributed by atoms with Gasteiger partial charge in [0.15, 0.2) is 0 Å². The summed E-state index contributed by atoms with van der Waals surface area (Å²) in [6, 6.07) is 3.90. The molecule has 0 aliphatic carbocycles. The quantitative estimate of drug-likeness (QED) is 0.420. The highest BCUT2D eigenvalue weighted by Gasteiger charge is 2.29. The lowest BCUT2D eigenvalue weighted by molar-refractivity contribution is -0.384. The standard InChI is InChI=1S/C17H26N4O4S/c1-13(2)6-7-14(3)18-19-16-9-8-15(12-17(16)21(22)23)26(24,25)20-10-4-5-11-20/h8-9,12-13,19H,4-7,10-11H2,1-3H3/b18-14-. The largest absolute Gasteiger partial charge is 0.295 e. The van der Waals surface area contributed by atoms with Crippen molar-refractivity contribution in [3.63, 3.8) is 0 Å². The van der Waals surface area contributed by atoms with E-state index in [0.717, 1.165) is 37.5 Å². The van der Waals surface area contributed by atoms with E-state index < -0.39 is 14.9 Å². The Bertz CT molecular complexity index is 784. The summed E-state index contributed by atoms with van der Waals surface area (Å²) >= 11 is 0. The van der Waals surface area contributed by atoms with Gasteiger partial charge in [-0.25, -0.2) is 8.42 Å². The van der Waals surface area contributed by atoms with Crippen molar-refractivity contribution in [1.82, 2.24) is 4.31 Å². The molecular formula is C17H26N4O4S. The molecule has 0 unspecified atom stereocenters. The van der Waals surface area contributed by atoms with Crippen LogP contribution in [-0.2, 0) is 10.0 Å². The van der Waals surface area contributed by atoms with Crippen LogP contribution in [0.25, 0.3) is 0 Å². The summed E-state index contributed by atoms with van der Waals surface area (Å²) in [6.07, 6.45) is 3.39. The zero-order chi connectivity index (χ0) is 19.3. The summed E-state index contributed by atoms with van der Waals surface area (Å²) in [5, 5.41) is 15.6. The van der Waals surface area contributed by atoms with Gasteiger partial charge in [0.25, 0.3) is 5.69 Å².